The van der Waals surface area contributed by atoms with E-state index in [1.807, 2.05) is 0 Å². The van der Waals surface area contributed by atoms with Crippen molar-refractivity contribution >= 4 is 15.7 Å². The molecule has 20 heavy (non-hydrogen) atoms. The Kier molecular flexibility index (Phi) is 5.01. The molecular weight excluding hydrogens is 276 g/mol. The van der Waals surface area contributed by atoms with Crippen LogP contribution in [0.4, 0.5) is 5.69 Å². The molecule has 2 unspecified atom stereocenters. The molecule has 2 atom stereocenters. The summed E-state index contributed by atoms with van der Waals surface area (Å²) in [4.78, 5) is 0. The molecule has 0 radical (unpaired) electrons. The van der Waals surface area contributed by atoms with Gasteiger partial charge in [-0.3, -0.25) is 0 Å². The first kappa shape index (κ1) is 15.3. The van der Waals surface area contributed by atoms with Gasteiger partial charge in [0.15, 0.2) is 0 Å². The minimum atomic E-state index is -3.34. The fourth-order valence-corrected chi connectivity index (χ4v) is 3.80. The van der Waals surface area contributed by atoms with E-state index in [9.17, 15) is 13.5 Å². The highest BCUT2D eigenvalue weighted by Crippen LogP contribution is 2.23. The van der Waals surface area contributed by atoms with Crippen LogP contribution in [0.5, 0.6) is 0 Å². The molecule has 1 aliphatic carbocycles. The molecule has 5 nitrogen and oxygen atoms in total. The van der Waals surface area contributed by atoms with E-state index >= 15 is 0 Å². The Hall–Kier alpha value is -1.11. The van der Waals surface area contributed by atoms with E-state index in [0.717, 1.165) is 24.8 Å². The number of aliphatic hydroxyl groups excluding tert-OH is 1. The van der Waals surface area contributed by atoms with Crippen LogP contribution in [-0.4, -0.2) is 26.2 Å². The summed E-state index contributed by atoms with van der Waals surface area (Å²) in [6.07, 6.45) is 3.17. The standard InChI is InChI=1S/C14H22N2O3S/c15-13-6-4-11(5-7-13)10-20(18,19)16-9-12-2-1-3-14(17)8-12/h4-7,12,14,16-17H,1-3,8-10,15H2. The van der Waals surface area contributed by atoms with Crippen LogP contribution in [0.2, 0.25) is 0 Å². The van der Waals surface area contributed by atoms with E-state index in [1.54, 1.807) is 24.3 Å². The Balaban J connectivity index is 1.86. The number of rotatable bonds is 5. The SMILES string of the molecule is Nc1ccc(CS(=O)(=O)NCC2CCCC(O)C2)cc1. The number of hydrogen-bond acceptors (Lipinski definition) is 4. The smallest absolute Gasteiger partial charge is 0.215 e. The lowest BCUT2D eigenvalue weighted by Crippen LogP contribution is -2.33. The Labute approximate surface area is 120 Å². The summed E-state index contributed by atoms with van der Waals surface area (Å²) in [5.41, 5.74) is 6.91. The topological polar surface area (TPSA) is 92.4 Å². The average molecular weight is 298 g/mol. The lowest BCUT2D eigenvalue weighted by Gasteiger charge is -2.25. The highest BCUT2D eigenvalue weighted by atomic mass is 32.2. The molecule has 0 bridgehead atoms. The largest absolute Gasteiger partial charge is 0.399 e. The summed E-state index contributed by atoms with van der Waals surface area (Å²) in [7, 11) is -3.34. The second-order valence-electron chi connectivity index (χ2n) is 5.54. The summed E-state index contributed by atoms with van der Waals surface area (Å²) in [5.74, 6) is 0.197. The molecule has 0 heterocycles. The molecule has 0 amide bonds. The fourth-order valence-electron chi connectivity index (χ4n) is 2.58. The minimum Gasteiger partial charge on any atom is -0.399 e. The third-order valence-corrected chi connectivity index (χ3v) is 5.00. The van der Waals surface area contributed by atoms with Gasteiger partial charge >= 0.3 is 0 Å². The van der Waals surface area contributed by atoms with Crippen molar-refractivity contribution in [3.05, 3.63) is 29.8 Å². The van der Waals surface area contributed by atoms with Gasteiger partial charge in [0.25, 0.3) is 0 Å². The molecular formula is C14H22N2O3S. The number of nitrogens with one attached hydrogen (secondary N) is 1. The van der Waals surface area contributed by atoms with Gasteiger partial charge in [0.2, 0.25) is 10.0 Å². The van der Waals surface area contributed by atoms with Gasteiger partial charge in [-0.1, -0.05) is 18.6 Å². The molecule has 1 aliphatic rings. The summed E-state index contributed by atoms with van der Waals surface area (Å²) in [6, 6.07) is 6.84. The van der Waals surface area contributed by atoms with Crippen molar-refractivity contribution in [2.75, 3.05) is 12.3 Å². The summed E-state index contributed by atoms with van der Waals surface area (Å²) in [5, 5.41) is 9.58. The average Bonchev–Trinajstić information content (AvgIpc) is 2.39. The van der Waals surface area contributed by atoms with E-state index in [0.29, 0.717) is 18.7 Å². The third-order valence-electron chi connectivity index (χ3n) is 3.68. The maximum absolute atomic E-state index is 12.0. The first-order chi connectivity index (χ1) is 9.44. The Morgan fingerprint density at radius 2 is 1.95 bits per heavy atom. The number of anilines is 1. The van der Waals surface area contributed by atoms with Gasteiger partial charge in [-0.05, 0) is 42.9 Å². The van der Waals surface area contributed by atoms with Crippen LogP contribution in [0.3, 0.4) is 0 Å². The van der Waals surface area contributed by atoms with Crippen molar-refractivity contribution < 1.29 is 13.5 Å². The van der Waals surface area contributed by atoms with Crippen LogP contribution in [0.15, 0.2) is 24.3 Å². The number of nitrogens with two attached hydrogens (primary N) is 1. The molecule has 0 aliphatic heterocycles. The molecule has 2 rings (SSSR count). The molecule has 112 valence electrons. The van der Waals surface area contributed by atoms with Gasteiger partial charge in [-0.2, -0.15) is 0 Å². The van der Waals surface area contributed by atoms with Crippen molar-refractivity contribution in [2.24, 2.45) is 5.92 Å². The quantitative estimate of drug-likeness (QED) is 0.713. The molecule has 4 N–H and O–H groups in total. The molecule has 1 aromatic carbocycles. The molecule has 0 aromatic heterocycles. The molecule has 1 fully saturated rings. The van der Waals surface area contributed by atoms with Crippen LogP contribution < -0.4 is 10.5 Å². The van der Waals surface area contributed by atoms with E-state index < -0.39 is 10.0 Å². The minimum absolute atomic E-state index is 0.0391. The molecule has 0 spiro atoms. The monoisotopic (exact) mass is 298 g/mol. The van der Waals surface area contributed by atoms with Gasteiger partial charge in [0.05, 0.1) is 11.9 Å². The zero-order valence-electron chi connectivity index (χ0n) is 11.5. The van der Waals surface area contributed by atoms with E-state index in [2.05, 4.69) is 4.72 Å². The maximum atomic E-state index is 12.0. The Bertz CT molecular complexity index is 528. The van der Waals surface area contributed by atoms with Gasteiger partial charge in [-0.25, -0.2) is 13.1 Å². The number of aliphatic hydroxyl groups is 1. The predicted octanol–water partition coefficient (Wildman–Crippen LogP) is 1.24. The van der Waals surface area contributed by atoms with Gasteiger partial charge in [-0.15, -0.1) is 0 Å². The molecule has 0 saturated heterocycles. The highest BCUT2D eigenvalue weighted by Gasteiger charge is 2.22. The van der Waals surface area contributed by atoms with Crippen LogP contribution in [0, 0.1) is 5.92 Å². The Morgan fingerprint density at radius 1 is 1.25 bits per heavy atom. The van der Waals surface area contributed by atoms with Crippen molar-refractivity contribution in [2.45, 2.75) is 37.5 Å². The van der Waals surface area contributed by atoms with Gasteiger partial charge in [0, 0.05) is 12.2 Å². The van der Waals surface area contributed by atoms with Gasteiger partial charge in [0.1, 0.15) is 0 Å². The first-order valence-electron chi connectivity index (χ1n) is 6.94. The van der Waals surface area contributed by atoms with E-state index in [1.165, 1.54) is 0 Å². The summed E-state index contributed by atoms with van der Waals surface area (Å²) >= 11 is 0. The molecule has 1 aromatic rings. The van der Waals surface area contributed by atoms with Crippen molar-refractivity contribution in [3.63, 3.8) is 0 Å². The van der Waals surface area contributed by atoms with Crippen molar-refractivity contribution in [1.82, 2.24) is 4.72 Å². The highest BCUT2D eigenvalue weighted by molar-refractivity contribution is 7.88. The summed E-state index contributed by atoms with van der Waals surface area (Å²) in [6.45, 7) is 0.411. The second-order valence-corrected chi connectivity index (χ2v) is 7.34. The van der Waals surface area contributed by atoms with Crippen LogP contribution >= 0.6 is 0 Å². The van der Waals surface area contributed by atoms with Crippen molar-refractivity contribution in [1.29, 1.82) is 0 Å². The Morgan fingerprint density at radius 3 is 2.60 bits per heavy atom. The van der Waals surface area contributed by atoms with Crippen molar-refractivity contribution in [3.8, 4) is 0 Å². The first-order valence-corrected chi connectivity index (χ1v) is 8.59. The van der Waals surface area contributed by atoms with Gasteiger partial charge < -0.3 is 10.8 Å². The van der Waals surface area contributed by atoms with E-state index in [-0.39, 0.29) is 17.8 Å². The second kappa shape index (κ2) is 6.56. The normalized spacial score (nSPS) is 23.6. The lowest BCUT2D eigenvalue weighted by molar-refractivity contribution is 0.102. The maximum Gasteiger partial charge on any atom is 0.215 e. The summed E-state index contributed by atoms with van der Waals surface area (Å²) < 4.78 is 26.7. The van der Waals surface area contributed by atoms with Crippen LogP contribution in [-0.2, 0) is 15.8 Å². The third kappa shape index (κ3) is 4.77. The molecule has 6 heteroatoms. The number of nitrogen functional groups attached to an aromatic ring is 1. The number of benzene rings is 1. The zero-order chi connectivity index (χ0) is 14.6. The number of sulfonamides is 1. The fraction of sp³-hybridized carbons (Fsp3) is 0.571. The lowest BCUT2D eigenvalue weighted by atomic mass is 9.87. The number of hydrogen-bond donors (Lipinski definition) is 3. The van der Waals surface area contributed by atoms with E-state index in [4.69, 9.17) is 5.73 Å². The van der Waals surface area contributed by atoms with Crippen LogP contribution in [0.1, 0.15) is 31.2 Å². The zero-order valence-corrected chi connectivity index (χ0v) is 12.3. The molecule has 1 saturated carbocycles. The predicted molar refractivity (Wildman–Crippen MR) is 79.4 cm³/mol. The van der Waals surface area contributed by atoms with Crippen LogP contribution in [0.25, 0.3) is 0 Å².